The SMILES string of the molecule is CN(C)c1ccc(Cn2nccc2NC(=O)c2ccc(N3CCCCC3=O)cc2)cc1. The molecule has 31 heavy (non-hydrogen) atoms. The Bertz CT molecular complexity index is 1050. The summed E-state index contributed by atoms with van der Waals surface area (Å²) >= 11 is 0. The highest BCUT2D eigenvalue weighted by atomic mass is 16.2. The quantitative estimate of drug-likeness (QED) is 0.663. The predicted molar refractivity (Wildman–Crippen MR) is 123 cm³/mol. The molecule has 3 aromatic rings. The number of rotatable bonds is 6. The summed E-state index contributed by atoms with van der Waals surface area (Å²) in [5.74, 6) is 0.573. The van der Waals surface area contributed by atoms with Gasteiger partial charge in [0.2, 0.25) is 5.91 Å². The fourth-order valence-electron chi connectivity index (χ4n) is 3.70. The maximum absolute atomic E-state index is 12.7. The number of piperidine rings is 1. The Morgan fingerprint density at radius 2 is 1.77 bits per heavy atom. The molecule has 0 saturated carbocycles. The molecule has 1 fully saturated rings. The van der Waals surface area contributed by atoms with Crippen LogP contribution in [0.2, 0.25) is 0 Å². The summed E-state index contributed by atoms with van der Waals surface area (Å²) in [6.07, 6.45) is 4.22. The number of anilines is 3. The van der Waals surface area contributed by atoms with E-state index < -0.39 is 0 Å². The van der Waals surface area contributed by atoms with Crippen LogP contribution in [0.1, 0.15) is 35.2 Å². The molecule has 1 aromatic heterocycles. The number of nitrogens with zero attached hydrogens (tertiary/aromatic N) is 4. The van der Waals surface area contributed by atoms with E-state index in [1.165, 1.54) is 0 Å². The van der Waals surface area contributed by atoms with Crippen LogP contribution in [0.3, 0.4) is 0 Å². The summed E-state index contributed by atoms with van der Waals surface area (Å²) in [7, 11) is 4.01. The van der Waals surface area contributed by atoms with E-state index in [9.17, 15) is 9.59 Å². The molecule has 4 rings (SSSR count). The van der Waals surface area contributed by atoms with Gasteiger partial charge in [-0.25, -0.2) is 4.68 Å². The average molecular weight is 418 g/mol. The Labute approximate surface area is 182 Å². The molecule has 160 valence electrons. The molecule has 1 N–H and O–H groups in total. The van der Waals surface area contributed by atoms with Gasteiger partial charge in [0, 0.05) is 50.1 Å². The van der Waals surface area contributed by atoms with Crippen molar-refractivity contribution in [2.75, 3.05) is 35.8 Å². The third kappa shape index (κ3) is 4.77. The summed E-state index contributed by atoms with van der Waals surface area (Å²) in [6, 6.07) is 17.2. The summed E-state index contributed by atoms with van der Waals surface area (Å²) in [5.41, 5.74) is 3.61. The molecule has 0 atom stereocenters. The number of aromatic nitrogens is 2. The van der Waals surface area contributed by atoms with Gasteiger partial charge in [0.1, 0.15) is 5.82 Å². The molecular weight excluding hydrogens is 390 g/mol. The molecular formula is C24H27N5O2. The highest BCUT2D eigenvalue weighted by Crippen LogP contribution is 2.22. The van der Waals surface area contributed by atoms with E-state index in [1.54, 1.807) is 34.0 Å². The number of hydrogen-bond acceptors (Lipinski definition) is 4. The van der Waals surface area contributed by atoms with Gasteiger partial charge in [0.15, 0.2) is 0 Å². The van der Waals surface area contributed by atoms with E-state index in [0.29, 0.717) is 24.3 Å². The lowest BCUT2D eigenvalue weighted by atomic mass is 10.1. The van der Waals surface area contributed by atoms with E-state index >= 15 is 0 Å². The van der Waals surface area contributed by atoms with Crippen LogP contribution in [0.25, 0.3) is 0 Å². The first-order chi connectivity index (χ1) is 15.0. The lowest BCUT2D eigenvalue weighted by Crippen LogP contribution is -2.35. The minimum absolute atomic E-state index is 0.144. The number of hydrogen-bond donors (Lipinski definition) is 1. The van der Waals surface area contributed by atoms with Gasteiger partial charge in [-0.3, -0.25) is 9.59 Å². The fraction of sp³-hybridized carbons (Fsp3) is 0.292. The van der Waals surface area contributed by atoms with Crippen LogP contribution in [-0.2, 0) is 11.3 Å². The van der Waals surface area contributed by atoms with Crippen molar-refractivity contribution in [3.8, 4) is 0 Å². The second-order valence-electron chi connectivity index (χ2n) is 7.94. The van der Waals surface area contributed by atoms with Crippen LogP contribution in [0.15, 0.2) is 60.8 Å². The molecule has 0 radical (unpaired) electrons. The van der Waals surface area contributed by atoms with Gasteiger partial charge >= 0.3 is 0 Å². The van der Waals surface area contributed by atoms with Gasteiger partial charge in [0.05, 0.1) is 12.7 Å². The normalized spacial score (nSPS) is 13.9. The monoisotopic (exact) mass is 417 g/mol. The maximum Gasteiger partial charge on any atom is 0.256 e. The van der Waals surface area contributed by atoms with Crippen LogP contribution < -0.4 is 15.1 Å². The third-order valence-corrected chi connectivity index (χ3v) is 5.51. The van der Waals surface area contributed by atoms with Crippen molar-refractivity contribution in [1.29, 1.82) is 0 Å². The average Bonchev–Trinajstić information content (AvgIpc) is 3.21. The van der Waals surface area contributed by atoms with E-state index in [0.717, 1.165) is 36.3 Å². The molecule has 2 amide bonds. The zero-order valence-electron chi connectivity index (χ0n) is 17.9. The number of carbonyl (C=O) groups is 2. The van der Waals surface area contributed by atoms with Crippen molar-refractivity contribution in [3.05, 3.63) is 71.9 Å². The largest absolute Gasteiger partial charge is 0.378 e. The van der Waals surface area contributed by atoms with Gasteiger partial charge in [-0.2, -0.15) is 5.10 Å². The number of carbonyl (C=O) groups excluding carboxylic acids is 2. The minimum atomic E-state index is -0.207. The molecule has 0 spiro atoms. The first kappa shape index (κ1) is 20.7. The first-order valence-electron chi connectivity index (χ1n) is 10.5. The Morgan fingerprint density at radius 1 is 1.03 bits per heavy atom. The van der Waals surface area contributed by atoms with Crippen LogP contribution in [0.5, 0.6) is 0 Å². The van der Waals surface area contributed by atoms with E-state index in [-0.39, 0.29) is 11.8 Å². The van der Waals surface area contributed by atoms with Crippen molar-refractivity contribution in [1.82, 2.24) is 9.78 Å². The van der Waals surface area contributed by atoms with Gasteiger partial charge in [-0.1, -0.05) is 12.1 Å². The fourth-order valence-corrected chi connectivity index (χ4v) is 3.70. The summed E-state index contributed by atoms with van der Waals surface area (Å²) in [5, 5.41) is 7.28. The first-order valence-corrected chi connectivity index (χ1v) is 10.5. The van der Waals surface area contributed by atoms with Crippen LogP contribution in [-0.4, -0.2) is 42.2 Å². The lowest BCUT2D eigenvalue weighted by molar-refractivity contribution is -0.119. The Balaban J connectivity index is 1.42. The van der Waals surface area contributed by atoms with Crippen LogP contribution in [0, 0.1) is 0 Å². The van der Waals surface area contributed by atoms with Gasteiger partial charge in [0.25, 0.3) is 5.91 Å². The molecule has 0 bridgehead atoms. The minimum Gasteiger partial charge on any atom is -0.378 e. The van der Waals surface area contributed by atoms with E-state index in [4.69, 9.17) is 0 Å². The molecule has 2 aromatic carbocycles. The Kier molecular flexibility index (Phi) is 6.02. The van der Waals surface area contributed by atoms with E-state index in [1.807, 2.05) is 26.2 Å². The standard InChI is InChI=1S/C24H27N5O2/c1-27(2)20-10-6-18(7-11-20)17-29-22(14-15-25-29)26-24(31)19-8-12-21(13-9-19)28-16-4-3-5-23(28)30/h6-15H,3-5,16-17H2,1-2H3,(H,26,31). The molecule has 2 heterocycles. The summed E-state index contributed by atoms with van der Waals surface area (Å²) in [6.45, 7) is 1.30. The van der Waals surface area contributed by atoms with Crippen LogP contribution >= 0.6 is 0 Å². The van der Waals surface area contributed by atoms with Crippen LogP contribution in [0.4, 0.5) is 17.2 Å². The smallest absolute Gasteiger partial charge is 0.256 e. The number of benzene rings is 2. The molecule has 1 aliphatic heterocycles. The topological polar surface area (TPSA) is 70.5 Å². The molecule has 1 aliphatic rings. The zero-order valence-corrected chi connectivity index (χ0v) is 17.9. The second kappa shape index (κ2) is 9.04. The number of nitrogens with one attached hydrogen (secondary N) is 1. The second-order valence-corrected chi connectivity index (χ2v) is 7.94. The van der Waals surface area contributed by atoms with Crippen molar-refractivity contribution in [2.24, 2.45) is 0 Å². The molecule has 1 saturated heterocycles. The van der Waals surface area contributed by atoms with E-state index in [2.05, 4.69) is 39.6 Å². The lowest BCUT2D eigenvalue weighted by Gasteiger charge is -2.26. The predicted octanol–water partition coefficient (Wildman–Crippen LogP) is 3.77. The van der Waals surface area contributed by atoms with Gasteiger partial charge < -0.3 is 15.1 Å². The van der Waals surface area contributed by atoms with Crippen molar-refractivity contribution >= 4 is 29.0 Å². The zero-order chi connectivity index (χ0) is 21.8. The van der Waals surface area contributed by atoms with Crippen molar-refractivity contribution in [2.45, 2.75) is 25.8 Å². The highest BCUT2D eigenvalue weighted by Gasteiger charge is 2.20. The molecule has 7 nitrogen and oxygen atoms in total. The number of amides is 2. The highest BCUT2D eigenvalue weighted by molar-refractivity contribution is 6.04. The van der Waals surface area contributed by atoms with Crippen molar-refractivity contribution in [3.63, 3.8) is 0 Å². The third-order valence-electron chi connectivity index (χ3n) is 5.51. The maximum atomic E-state index is 12.7. The van der Waals surface area contributed by atoms with Crippen molar-refractivity contribution < 1.29 is 9.59 Å². The molecule has 7 heteroatoms. The van der Waals surface area contributed by atoms with Gasteiger partial charge in [-0.05, 0) is 54.8 Å². The summed E-state index contributed by atoms with van der Waals surface area (Å²) < 4.78 is 1.77. The van der Waals surface area contributed by atoms with Gasteiger partial charge in [-0.15, -0.1) is 0 Å². The molecule has 0 unspecified atom stereocenters. The Morgan fingerprint density at radius 3 is 2.45 bits per heavy atom. The molecule has 0 aliphatic carbocycles. The Hall–Kier alpha value is -3.61. The summed E-state index contributed by atoms with van der Waals surface area (Å²) in [4.78, 5) is 28.7.